The van der Waals surface area contributed by atoms with E-state index in [4.69, 9.17) is 4.74 Å². The van der Waals surface area contributed by atoms with Gasteiger partial charge in [-0.25, -0.2) is 0 Å². The molecule has 2 rings (SSSR count). The van der Waals surface area contributed by atoms with E-state index in [1.807, 2.05) is 0 Å². The summed E-state index contributed by atoms with van der Waals surface area (Å²) in [4.78, 5) is 46.9. The quantitative estimate of drug-likeness (QED) is 0.814. The molecule has 7 heteroatoms. The second kappa shape index (κ2) is 7.53. The molecule has 0 spiro atoms. The summed E-state index contributed by atoms with van der Waals surface area (Å²) in [6.45, 7) is 1.38. The van der Waals surface area contributed by atoms with E-state index in [0.29, 0.717) is 30.6 Å². The molecule has 7 nitrogen and oxygen atoms in total. The minimum Gasteiger partial charge on any atom is -0.455 e. The number of hydrogen-bond acceptors (Lipinski definition) is 5. The van der Waals surface area contributed by atoms with Gasteiger partial charge in [0, 0.05) is 25.6 Å². The van der Waals surface area contributed by atoms with Gasteiger partial charge in [0.2, 0.25) is 11.8 Å². The molecule has 1 aromatic carbocycles. The first-order valence-electron chi connectivity index (χ1n) is 7.31. The van der Waals surface area contributed by atoms with E-state index >= 15 is 0 Å². The average Bonchev–Trinajstić information content (AvgIpc) is 2.92. The Kier molecular flexibility index (Phi) is 5.46. The number of rotatable bonds is 5. The highest BCUT2D eigenvalue weighted by Gasteiger charge is 2.26. The Morgan fingerprint density at radius 2 is 1.91 bits per heavy atom. The summed E-state index contributed by atoms with van der Waals surface area (Å²) in [5, 5.41) is 2.62. The van der Waals surface area contributed by atoms with Crippen molar-refractivity contribution in [1.82, 2.24) is 4.90 Å². The van der Waals surface area contributed by atoms with E-state index in [1.54, 1.807) is 24.3 Å². The molecule has 1 aliphatic rings. The van der Waals surface area contributed by atoms with Gasteiger partial charge in [-0.3, -0.25) is 24.1 Å². The van der Waals surface area contributed by atoms with Crippen molar-refractivity contribution < 1.29 is 23.9 Å². The molecule has 1 N–H and O–H groups in total. The first-order valence-corrected chi connectivity index (χ1v) is 7.31. The van der Waals surface area contributed by atoms with Gasteiger partial charge in [-0.05, 0) is 24.1 Å². The Morgan fingerprint density at radius 1 is 1.22 bits per heavy atom. The molecular formula is C16H18N2O5. The molecule has 0 aromatic heterocycles. The van der Waals surface area contributed by atoms with Crippen LogP contribution in [0.4, 0.5) is 5.69 Å². The Labute approximate surface area is 133 Å². The molecule has 1 aromatic rings. The summed E-state index contributed by atoms with van der Waals surface area (Å²) in [6.07, 6.45) is 1.03. The van der Waals surface area contributed by atoms with Gasteiger partial charge in [-0.15, -0.1) is 0 Å². The lowest BCUT2D eigenvalue weighted by Crippen LogP contribution is -2.35. The van der Waals surface area contributed by atoms with Crippen LogP contribution < -0.4 is 5.32 Å². The molecule has 1 heterocycles. The molecule has 23 heavy (non-hydrogen) atoms. The third-order valence-corrected chi connectivity index (χ3v) is 3.35. The molecular weight excluding hydrogens is 300 g/mol. The van der Waals surface area contributed by atoms with Crippen molar-refractivity contribution in [3.63, 3.8) is 0 Å². The second-order valence-corrected chi connectivity index (χ2v) is 5.26. The fourth-order valence-corrected chi connectivity index (χ4v) is 2.26. The maximum atomic E-state index is 11.7. The van der Waals surface area contributed by atoms with Gasteiger partial charge in [-0.2, -0.15) is 0 Å². The minimum absolute atomic E-state index is 0.0155. The SMILES string of the molecule is CC(=O)Nc1ccc(CC(=O)OCC(=O)N2CCCC2=O)cc1. The summed E-state index contributed by atoms with van der Waals surface area (Å²) in [5.74, 6) is -1.43. The monoisotopic (exact) mass is 318 g/mol. The molecule has 3 amide bonds. The molecule has 1 saturated heterocycles. The Hall–Kier alpha value is -2.70. The Balaban J connectivity index is 1.79. The third kappa shape index (κ3) is 4.91. The van der Waals surface area contributed by atoms with Gasteiger partial charge in [0.05, 0.1) is 6.42 Å². The number of nitrogens with one attached hydrogen (secondary N) is 1. The van der Waals surface area contributed by atoms with Crippen molar-refractivity contribution in [2.75, 3.05) is 18.5 Å². The van der Waals surface area contributed by atoms with Crippen LogP contribution in [0.15, 0.2) is 24.3 Å². The number of likely N-dealkylation sites (tertiary alicyclic amines) is 1. The summed E-state index contributed by atoms with van der Waals surface area (Å²) >= 11 is 0. The molecule has 0 bridgehead atoms. The number of hydrogen-bond donors (Lipinski definition) is 1. The fourth-order valence-electron chi connectivity index (χ4n) is 2.26. The highest BCUT2D eigenvalue weighted by molar-refractivity contribution is 5.97. The van der Waals surface area contributed by atoms with Crippen molar-refractivity contribution in [3.8, 4) is 0 Å². The Bertz CT molecular complexity index is 624. The summed E-state index contributed by atoms with van der Waals surface area (Å²) in [5.41, 5.74) is 1.34. The van der Waals surface area contributed by atoms with Crippen LogP contribution in [0.5, 0.6) is 0 Å². The van der Waals surface area contributed by atoms with Crippen LogP contribution in [0.25, 0.3) is 0 Å². The number of esters is 1. The van der Waals surface area contributed by atoms with Gasteiger partial charge in [0.25, 0.3) is 5.91 Å². The first kappa shape index (κ1) is 16.7. The van der Waals surface area contributed by atoms with Crippen LogP contribution >= 0.6 is 0 Å². The van der Waals surface area contributed by atoms with Crippen LogP contribution in [0.1, 0.15) is 25.3 Å². The lowest BCUT2D eigenvalue weighted by molar-refractivity contribution is -0.154. The van der Waals surface area contributed by atoms with Crippen LogP contribution in [0.2, 0.25) is 0 Å². The average molecular weight is 318 g/mol. The molecule has 0 aliphatic carbocycles. The van der Waals surface area contributed by atoms with E-state index in [-0.39, 0.29) is 18.2 Å². The van der Waals surface area contributed by atoms with Crippen LogP contribution in [0.3, 0.4) is 0 Å². The summed E-state index contributed by atoms with van der Waals surface area (Å²) in [6, 6.07) is 6.74. The summed E-state index contributed by atoms with van der Waals surface area (Å²) in [7, 11) is 0. The highest BCUT2D eigenvalue weighted by Crippen LogP contribution is 2.11. The van der Waals surface area contributed by atoms with Crippen LogP contribution in [0, 0.1) is 0 Å². The maximum Gasteiger partial charge on any atom is 0.310 e. The predicted molar refractivity (Wildman–Crippen MR) is 81.4 cm³/mol. The number of nitrogens with zero attached hydrogens (tertiary/aromatic N) is 1. The molecule has 122 valence electrons. The lowest BCUT2D eigenvalue weighted by atomic mass is 10.1. The van der Waals surface area contributed by atoms with E-state index in [1.165, 1.54) is 6.92 Å². The molecule has 1 aliphatic heterocycles. The largest absolute Gasteiger partial charge is 0.455 e. The van der Waals surface area contributed by atoms with E-state index in [2.05, 4.69) is 5.32 Å². The number of carbonyl (C=O) groups is 4. The van der Waals surface area contributed by atoms with Crippen molar-refractivity contribution in [1.29, 1.82) is 0 Å². The predicted octanol–water partition coefficient (Wildman–Crippen LogP) is 0.880. The molecule has 0 unspecified atom stereocenters. The normalized spacial score (nSPS) is 13.8. The van der Waals surface area contributed by atoms with E-state index in [0.717, 1.165) is 4.90 Å². The Morgan fingerprint density at radius 3 is 2.48 bits per heavy atom. The molecule has 1 fully saturated rings. The molecule has 0 atom stereocenters. The zero-order valence-electron chi connectivity index (χ0n) is 12.8. The maximum absolute atomic E-state index is 11.7. The zero-order chi connectivity index (χ0) is 16.8. The van der Waals surface area contributed by atoms with Gasteiger partial charge in [0.15, 0.2) is 6.61 Å². The first-order chi connectivity index (χ1) is 11.0. The van der Waals surface area contributed by atoms with E-state index in [9.17, 15) is 19.2 Å². The van der Waals surface area contributed by atoms with Gasteiger partial charge in [0.1, 0.15) is 0 Å². The third-order valence-electron chi connectivity index (χ3n) is 3.35. The number of carbonyl (C=O) groups excluding carboxylic acids is 4. The van der Waals surface area contributed by atoms with Crippen LogP contribution in [-0.2, 0) is 30.3 Å². The van der Waals surface area contributed by atoms with Gasteiger partial charge < -0.3 is 10.1 Å². The topological polar surface area (TPSA) is 92.8 Å². The number of ether oxygens (including phenoxy) is 1. The van der Waals surface area contributed by atoms with Crippen molar-refractivity contribution >= 4 is 29.4 Å². The zero-order valence-corrected chi connectivity index (χ0v) is 12.8. The highest BCUT2D eigenvalue weighted by atomic mass is 16.5. The summed E-state index contributed by atoms with van der Waals surface area (Å²) < 4.78 is 4.91. The smallest absolute Gasteiger partial charge is 0.310 e. The fraction of sp³-hybridized carbons (Fsp3) is 0.375. The van der Waals surface area contributed by atoms with Gasteiger partial charge in [-0.1, -0.05) is 12.1 Å². The van der Waals surface area contributed by atoms with E-state index < -0.39 is 18.5 Å². The number of imide groups is 1. The van der Waals surface area contributed by atoms with Crippen molar-refractivity contribution in [2.24, 2.45) is 0 Å². The minimum atomic E-state index is -0.544. The van der Waals surface area contributed by atoms with Crippen molar-refractivity contribution in [2.45, 2.75) is 26.2 Å². The molecule has 0 saturated carbocycles. The lowest BCUT2D eigenvalue weighted by Gasteiger charge is -2.13. The van der Waals surface area contributed by atoms with Gasteiger partial charge >= 0.3 is 5.97 Å². The number of anilines is 1. The van der Waals surface area contributed by atoms with Crippen LogP contribution in [-0.4, -0.2) is 41.7 Å². The van der Waals surface area contributed by atoms with Crippen molar-refractivity contribution in [3.05, 3.63) is 29.8 Å². The second-order valence-electron chi connectivity index (χ2n) is 5.26. The number of benzene rings is 1. The molecule has 0 radical (unpaired) electrons. The standard InChI is InChI=1S/C16H18N2O5/c1-11(19)17-13-6-4-12(5-7-13)9-16(22)23-10-15(21)18-8-2-3-14(18)20/h4-7H,2-3,8-10H2,1H3,(H,17,19). The number of amides is 3.